The van der Waals surface area contributed by atoms with E-state index in [0.29, 0.717) is 6.42 Å². The summed E-state index contributed by atoms with van der Waals surface area (Å²) in [4.78, 5) is 16.8. The van der Waals surface area contributed by atoms with E-state index < -0.39 is 5.60 Å². The summed E-state index contributed by atoms with van der Waals surface area (Å²) in [6, 6.07) is 20.3. The Morgan fingerprint density at radius 2 is 1.55 bits per heavy atom. The summed E-state index contributed by atoms with van der Waals surface area (Å²) in [5.74, 6) is 0.506. The second-order valence-corrected chi connectivity index (χ2v) is 8.89. The van der Waals surface area contributed by atoms with Gasteiger partial charge in [-0.2, -0.15) is 0 Å². The summed E-state index contributed by atoms with van der Waals surface area (Å²) in [6.07, 6.45) is 9.95. The monoisotopic (exact) mass is 418 g/mol. The summed E-state index contributed by atoms with van der Waals surface area (Å²) in [5, 5.41) is 11.7. The Morgan fingerprint density at radius 1 is 0.935 bits per heavy atom. The Labute approximate surface area is 186 Å². The van der Waals surface area contributed by atoms with Gasteiger partial charge in [0.25, 0.3) is 0 Å². The molecule has 1 saturated carbocycles. The van der Waals surface area contributed by atoms with E-state index in [-0.39, 0.29) is 11.8 Å². The highest BCUT2D eigenvalue weighted by atomic mass is 16.3. The van der Waals surface area contributed by atoms with Gasteiger partial charge in [-0.15, -0.1) is 0 Å². The van der Waals surface area contributed by atoms with Gasteiger partial charge in [0, 0.05) is 32.6 Å². The van der Waals surface area contributed by atoms with E-state index in [1.165, 1.54) is 18.4 Å². The number of amides is 1. The van der Waals surface area contributed by atoms with Gasteiger partial charge >= 0.3 is 0 Å². The molecular weight excluding hydrogens is 384 g/mol. The predicted molar refractivity (Wildman–Crippen MR) is 124 cm³/mol. The van der Waals surface area contributed by atoms with Crippen molar-refractivity contribution in [2.24, 2.45) is 5.92 Å². The third-order valence-corrected chi connectivity index (χ3v) is 6.89. The zero-order chi connectivity index (χ0) is 21.5. The average Bonchev–Trinajstić information content (AvgIpc) is 3.38. The molecule has 0 aromatic heterocycles. The lowest BCUT2D eigenvalue weighted by Gasteiger charge is -2.36. The van der Waals surface area contributed by atoms with Crippen LogP contribution in [0.2, 0.25) is 0 Å². The summed E-state index contributed by atoms with van der Waals surface area (Å²) in [6.45, 7) is 3.10. The van der Waals surface area contributed by atoms with Crippen molar-refractivity contribution in [2.75, 3.05) is 26.2 Å². The predicted octanol–water partition coefficient (Wildman–Crippen LogP) is 4.36. The van der Waals surface area contributed by atoms with E-state index in [1.54, 1.807) is 0 Å². The highest BCUT2D eigenvalue weighted by Gasteiger charge is 2.37. The standard InChI is InChI=1S/C27H34N2O2/c30-26(16-15-23-9-3-1-4-10-23)29-21-19-28(20-22-29)18-17-27(31,25-13-7-8-14-25)24-11-5-2-6-12-24/h1-6,9-12,17-18,25,31H,7-8,13-16,19-22H2. The number of aryl methyl sites for hydroxylation is 1. The molecule has 31 heavy (non-hydrogen) atoms. The van der Waals surface area contributed by atoms with E-state index >= 15 is 0 Å². The summed E-state index contributed by atoms with van der Waals surface area (Å²) in [5.41, 5.74) is 1.28. The summed E-state index contributed by atoms with van der Waals surface area (Å²) in [7, 11) is 0. The molecule has 0 spiro atoms. The number of carbonyl (C=O) groups is 1. The topological polar surface area (TPSA) is 43.8 Å². The molecule has 1 aliphatic carbocycles. The van der Waals surface area contributed by atoms with Crippen LogP contribution < -0.4 is 0 Å². The van der Waals surface area contributed by atoms with Crippen LogP contribution in [0.25, 0.3) is 0 Å². The van der Waals surface area contributed by atoms with Crippen molar-refractivity contribution in [2.45, 2.75) is 44.1 Å². The Morgan fingerprint density at radius 3 is 2.19 bits per heavy atom. The van der Waals surface area contributed by atoms with Crippen LogP contribution in [0.5, 0.6) is 0 Å². The van der Waals surface area contributed by atoms with E-state index in [1.807, 2.05) is 59.5 Å². The fourth-order valence-corrected chi connectivity index (χ4v) is 4.93. The van der Waals surface area contributed by atoms with Crippen molar-refractivity contribution in [1.29, 1.82) is 0 Å². The SMILES string of the molecule is O=C(CCc1ccccc1)N1CCN(C=CC(O)(c2ccccc2)C2CCCC2)CC1. The minimum atomic E-state index is -0.916. The number of hydrogen-bond acceptors (Lipinski definition) is 3. The van der Waals surface area contributed by atoms with E-state index in [0.717, 1.165) is 51.0 Å². The molecule has 2 fully saturated rings. The molecule has 2 aromatic rings. The Bertz CT molecular complexity index is 853. The number of piperazine rings is 1. The van der Waals surface area contributed by atoms with Gasteiger partial charge in [0.05, 0.1) is 0 Å². The van der Waals surface area contributed by atoms with Gasteiger partial charge in [0.15, 0.2) is 0 Å². The first-order chi connectivity index (χ1) is 15.1. The third-order valence-electron chi connectivity index (χ3n) is 6.89. The quantitative estimate of drug-likeness (QED) is 0.727. The molecule has 1 amide bonds. The van der Waals surface area contributed by atoms with Crippen molar-refractivity contribution < 1.29 is 9.90 Å². The van der Waals surface area contributed by atoms with Gasteiger partial charge in [0.2, 0.25) is 5.91 Å². The van der Waals surface area contributed by atoms with Crippen molar-refractivity contribution in [3.05, 3.63) is 84.1 Å². The van der Waals surface area contributed by atoms with Crippen LogP contribution in [-0.2, 0) is 16.8 Å². The lowest BCUT2D eigenvalue weighted by atomic mass is 9.80. The zero-order valence-corrected chi connectivity index (χ0v) is 18.3. The van der Waals surface area contributed by atoms with Crippen molar-refractivity contribution in [1.82, 2.24) is 9.80 Å². The average molecular weight is 419 g/mol. The summed E-state index contributed by atoms with van der Waals surface area (Å²) < 4.78 is 0. The first-order valence-electron chi connectivity index (χ1n) is 11.7. The molecular formula is C27H34N2O2. The van der Waals surface area contributed by atoms with Gasteiger partial charge in [-0.05, 0) is 48.6 Å². The number of aliphatic hydroxyl groups is 1. The molecule has 2 aromatic carbocycles. The minimum Gasteiger partial charge on any atom is -0.381 e. The Hall–Kier alpha value is -2.59. The number of rotatable bonds is 7. The normalized spacial score (nSPS) is 19.6. The van der Waals surface area contributed by atoms with Crippen LogP contribution in [-0.4, -0.2) is 47.0 Å². The van der Waals surface area contributed by atoms with E-state index in [2.05, 4.69) is 23.2 Å². The van der Waals surface area contributed by atoms with E-state index in [4.69, 9.17) is 0 Å². The molecule has 1 aliphatic heterocycles. The molecule has 4 heteroatoms. The maximum absolute atomic E-state index is 12.6. The van der Waals surface area contributed by atoms with Crippen LogP contribution >= 0.6 is 0 Å². The fraction of sp³-hybridized carbons (Fsp3) is 0.444. The fourth-order valence-electron chi connectivity index (χ4n) is 4.93. The molecule has 1 saturated heterocycles. The lowest BCUT2D eigenvalue weighted by Crippen LogP contribution is -2.47. The molecule has 2 aliphatic rings. The second kappa shape index (κ2) is 10.1. The highest BCUT2D eigenvalue weighted by Crippen LogP contribution is 2.41. The maximum Gasteiger partial charge on any atom is 0.223 e. The maximum atomic E-state index is 12.6. The molecule has 1 heterocycles. The molecule has 1 atom stereocenters. The Balaban J connectivity index is 1.33. The van der Waals surface area contributed by atoms with Gasteiger partial charge in [-0.3, -0.25) is 4.79 Å². The van der Waals surface area contributed by atoms with Crippen LogP contribution in [0.1, 0.15) is 43.2 Å². The second-order valence-electron chi connectivity index (χ2n) is 8.89. The Kier molecular flexibility index (Phi) is 7.08. The third kappa shape index (κ3) is 5.37. The highest BCUT2D eigenvalue weighted by molar-refractivity contribution is 5.76. The lowest BCUT2D eigenvalue weighted by molar-refractivity contribution is -0.132. The molecule has 4 rings (SSSR count). The zero-order valence-electron chi connectivity index (χ0n) is 18.3. The van der Waals surface area contributed by atoms with Crippen molar-refractivity contribution >= 4 is 5.91 Å². The van der Waals surface area contributed by atoms with Gasteiger partial charge in [-0.1, -0.05) is 73.5 Å². The number of carbonyl (C=O) groups excluding carboxylic acids is 1. The molecule has 0 radical (unpaired) electrons. The minimum absolute atomic E-state index is 0.235. The molecule has 0 bridgehead atoms. The van der Waals surface area contributed by atoms with Gasteiger partial charge in [0.1, 0.15) is 5.60 Å². The number of benzene rings is 2. The van der Waals surface area contributed by atoms with Crippen LogP contribution in [0.15, 0.2) is 72.9 Å². The van der Waals surface area contributed by atoms with Crippen LogP contribution in [0.4, 0.5) is 0 Å². The smallest absolute Gasteiger partial charge is 0.223 e. The van der Waals surface area contributed by atoms with Crippen LogP contribution in [0.3, 0.4) is 0 Å². The molecule has 1 unspecified atom stereocenters. The van der Waals surface area contributed by atoms with Gasteiger partial charge < -0.3 is 14.9 Å². The first kappa shape index (κ1) is 21.6. The largest absolute Gasteiger partial charge is 0.381 e. The first-order valence-corrected chi connectivity index (χ1v) is 11.7. The van der Waals surface area contributed by atoms with Crippen molar-refractivity contribution in [3.63, 3.8) is 0 Å². The number of hydrogen-bond donors (Lipinski definition) is 1. The summed E-state index contributed by atoms with van der Waals surface area (Å²) >= 11 is 0. The van der Waals surface area contributed by atoms with Gasteiger partial charge in [-0.25, -0.2) is 0 Å². The van der Waals surface area contributed by atoms with E-state index in [9.17, 15) is 9.90 Å². The number of nitrogens with zero attached hydrogens (tertiary/aromatic N) is 2. The van der Waals surface area contributed by atoms with Crippen molar-refractivity contribution in [3.8, 4) is 0 Å². The molecule has 1 N–H and O–H groups in total. The molecule has 164 valence electrons. The van der Waals surface area contributed by atoms with Crippen LogP contribution in [0, 0.1) is 5.92 Å². The molecule has 4 nitrogen and oxygen atoms in total.